The molecule has 1 aromatic heterocycles. The number of amides is 2. The molecule has 8 heteroatoms. The zero-order valence-corrected chi connectivity index (χ0v) is 10.1. The summed E-state index contributed by atoms with van der Waals surface area (Å²) in [7, 11) is 3.16. The van der Waals surface area contributed by atoms with Gasteiger partial charge in [0.2, 0.25) is 11.9 Å². The van der Waals surface area contributed by atoms with Crippen molar-refractivity contribution >= 4 is 29.4 Å². The fraction of sp³-hybridized carbons (Fsp3) is 0.400. The number of hydrogen-bond donors (Lipinski definition) is 3. The number of nitrogens with two attached hydrogens (primary N) is 1. The standard InChI is InChI=1S/C10H14N6O2/c1-12-6-4-7(15-10(11)14-6)13-5-3-8(17)16(2)9(5)18/h4-5H,3H2,1-2H3,(H4,11,12,13,14,15). The molecule has 1 unspecified atom stereocenters. The van der Waals surface area contributed by atoms with E-state index in [1.54, 1.807) is 13.1 Å². The fourth-order valence-corrected chi connectivity index (χ4v) is 1.71. The first-order chi connectivity index (χ1) is 8.51. The van der Waals surface area contributed by atoms with E-state index in [0.29, 0.717) is 11.6 Å². The van der Waals surface area contributed by atoms with E-state index in [1.807, 2.05) is 0 Å². The van der Waals surface area contributed by atoms with Gasteiger partial charge in [-0.3, -0.25) is 14.5 Å². The van der Waals surface area contributed by atoms with Gasteiger partial charge in [0.1, 0.15) is 17.7 Å². The smallest absolute Gasteiger partial charge is 0.251 e. The summed E-state index contributed by atoms with van der Waals surface area (Å²) >= 11 is 0. The minimum atomic E-state index is -0.596. The first kappa shape index (κ1) is 12.1. The zero-order chi connectivity index (χ0) is 13.3. The van der Waals surface area contributed by atoms with Crippen molar-refractivity contribution in [1.82, 2.24) is 14.9 Å². The van der Waals surface area contributed by atoms with E-state index in [-0.39, 0.29) is 24.2 Å². The normalized spacial score (nSPS) is 19.2. The van der Waals surface area contributed by atoms with Gasteiger partial charge in [-0.05, 0) is 0 Å². The molecule has 1 aromatic rings. The van der Waals surface area contributed by atoms with Crippen LogP contribution in [0.15, 0.2) is 6.07 Å². The fourth-order valence-electron chi connectivity index (χ4n) is 1.71. The Morgan fingerprint density at radius 1 is 1.39 bits per heavy atom. The van der Waals surface area contributed by atoms with Crippen molar-refractivity contribution < 1.29 is 9.59 Å². The second-order valence-corrected chi connectivity index (χ2v) is 3.94. The largest absolute Gasteiger partial charge is 0.373 e. The summed E-state index contributed by atoms with van der Waals surface area (Å²) in [6.45, 7) is 0. The number of likely N-dealkylation sites (N-methyl/N-ethyl adjacent to an activating group) is 1. The average molecular weight is 250 g/mol. The number of likely N-dealkylation sites (tertiary alicyclic amines) is 1. The van der Waals surface area contributed by atoms with Crippen LogP contribution in [-0.4, -0.2) is 46.8 Å². The maximum absolute atomic E-state index is 11.7. The zero-order valence-electron chi connectivity index (χ0n) is 10.1. The number of aromatic nitrogens is 2. The highest BCUT2D eigenvalue weighted by molar-refractivity contribution is 6.06. The molecular weight excluding hydrogens is 236 g/mol. The molecule has 1 atom stereocenters. The molecule has 4 N–H and O–H groups in total. The van der Waals surface area contributed by atoms with Crippen LogP contribution in [0.4, 0.5) is 17.6 Å². The summed E-state index contributed by atoms with van der Waals surface area (Å²) in [6.07, 6.45) is 0.119. The lowest BCUT2D eigenvalue weighted by atomic mass is 10.2. The van der Waals surface area contributed by atoms with Crippen molar-refractivity contribution in [3.8, 4) is 0 Å². The van der Waals surface area contributed by atoms with Crippen LogP contribution in [-0.2, 0) is 9.59 Å². The van der Waals surface area contributed by atoms with E-state index in [9.17, 15) is 9.59 Å². The lowest BCUT2D eigenvalue weighted by Crippen LogP contribution is -2.32. The van der Waals surface area contributed by atoms with E-state index in [1.165, 1.54) is 7.05 Å². The molecule has 2 heterocycles. The Bertz CT molecular complexity index is 503. The van der Waals surface area contributed by atoms with Gasteiger partial charge in [0, 0.05) is 20.2 Å². The number of imide groups is 1. The minimum absolute atomic E-state index is 0.0921. The molecule has 0 spiro atoms. The van der Waals surface area contributed by atoms with Crippen LogP contribution < -0.4 is 16.4 Å². The Labute approximate surface area is 104 Å². The lowest BCUT2D eigenvalue weighted by molar-refractivity contribution is -0.136. The second kappa shape index (κ2) is 4.47. The Balaban J connectivity index is 2.17. The van der Waals surface area contributed by atoms with Crippen molar-refractivity contribution in [2.45, 2.75) is 12.5 Å². The third kappa shape index (κ3) is 2.17. The number of carbonyl (C=O) groups excluding carboxylic acids is 2. The molecule has 1 saturated heterocycles. The molecule has 96 valence electrons. The van der Waals surface area contributed by atoms with Crippen LogP contribution in [0, 0.1) is 0 Å². The summed E-state index contributed by atoms with van der Waals surface area (Å²) in [6, 6.07) is 1.02. The summed E-state index contributed by atoms with van der Waals surface area (Å²) in [5, 5.41) is 5.71. The maximum atomic E-state index is 11.7. The monoisotopic (exact) mass is 250 g/mol. The van der Waals surface area contributed by atoms with Crippen LogP contribution >= 0.6 is 0 Å². The van der Waals surface area contributed by atoms with E-state index >= 15 is 0 Å². The topological polar surface area (TPSA) is 113 Å². The number of hydrogen-bond acceptors (Lipinski definition) is 7. The Morgan fingerprint density at radius 2 is 2.06 bits per heavy atom. The number of nitrogens with one attached hydrogen (secondary N) is 2. The van der Waals surface area contributed by atoms with Crippen LogP contribution in [0.25, 0.3) is 0 Å². The van der Waals surface area contributed by atoms with Gasteiger partial charge in [0.25, 0.3) is 5.91 Å². The molecule has 0 aromatic carbocycles. The SMILES string of the molecule is CNc1cc(NC2CC(=O)N(C)C2=O)nc(N)n1. The number of nitrogen functional groups attached to an aromatic ring is 1. The summed E-state index contributed by atoms with van der Waals surface area (Å²) in [5.74, 6) is 0.550. The van der Waals surface area contributed by atoms with Gasteiger partial charge in [-0.15, -0.1) is 0 Å². The summed E-state index contributed by atoms with van der Waals surface area (Å²) in [4.78, 5) is 32.1. The van der Waals surface area contributed by atoms with Crippen molar-refractivity contribution in [3.05, 3.63) is 6.07 Å². The van der Waals surface area contributed by atoms with Crippen molar-refractivity contribution in [2.75, 3.05) is 30.5 Å². The first-order valence-corrected chi connectivity index (χ1v) is 5.40. The van der Waals surface area contributed by atoms with Gasteiger partial charge in [0.05, 0.1) is 6.42 Å². The molecule has 18 heavy (non-hydrogen) atoms. The van der Waals surface area contributed by atoms with Crippen LogP contribution in [0.1, 0.15) is 6.42 Å². The van der Waals surface area contributed by atoms with Crippen molar-refractivity contribution in [3.63, 3.8) is 0 Å². The number of rotatable bonds is 3. The van der Waals surface area contributed by atoms with Gasteiger partial charge in [-0.1, -0.05) is 0 Å². The number of anilines is 3. The lowest BCUT2D eigenvalue weighted by Gasteiger charge is -2.12. The highest BCUT2D eigenvalue weighted by Crippen LogP contribution is 2.18. The summed E-state index contributed by atoms with van der Waals surface area (Å²) < 4.78 is 0. The highest BCUT2D eigenvalue weighted by Gasteiger charge is 2.36. The molecule has 2 amide bonds. The third-order valence-electron chi connectivity index (χ3n) is 2.70. The van der Waals surface area contributed by atoms with E-state index in [4.69, 9.17) is 5.73 Å². The molecule has 0 bridgehead atoms. The number of nitrogens with zero attached hydrogens (tertiary/aromatic N) is 3. The summed E-state index contributed by atoms with van der Waals surface area (Å²) in [5.41, 5.74) is 5.53. The molecule has 8 nitrogen and oxygen atoms in total. The van der Waals surface area contributed by atoms with E-state index in [0.717, 1.165) is 4.90 Å². The predicted molar refractivity (Wildman–Crippen MR) is 65.8 cm³/mol. The molecule has 1 fully saturated rings. The van der Waals surface area contributed by atoms with Crippen LogP contribution in [0.5, 0.6) is 0 Å². The van der Waals surface area contributed by atoms with Crippen molar-refractivity contribution in [1.29, 1.82) is 0 Å². The molecule has 0 radical (unpaired) electrons. The van der Waals surface area contributed by atoms with Crippen LogP contribution in [0.3, 0.4) is 0 Å². The van der Waals surface area contributed by atoms with Gasteiger partial charge >= 0.3 is 0 Å². The quantitative estimate of drug-likeness (QED) is 0.606. The van der Waals surface area contributed by atoms with Gasteiger partial charge in [-0.25, -0.2) is 0 Å². The van der Waals surface area contributed by atoms with Crippen LogP contribution in [0.2, 0.25) is 0 Å². The Kier molecular flexibility index (Phi) is 3.00. The average Bonchev–Trinajstić information content (AvgIpc) is 2.56. The Hall–Kier alpha value is -2.38. The molecular formula is C10H14N6O2. The molecule has 0 aliphatic carbocycles. The predicted octanol–water partition coefficient (Wildman–Crippen LogP) is -0.730. The molecule has 0 saturated carbocycles. The molecule has 1 aliphatic rings. The van der Waals surface area contributed by atoms with E-state index < -0.39 is 6.04 Å². The Morgan fingerprint density at radius 3 is 2.61 bits per heavy atom. The molecule has 2 rings (SSSR count). The van der Waals surface area contributed by atoms with Gasteiger partial charge in [-0.2, -0.15) is 9.97 Å². The maximum Gasteiger partial charge on any atom is 0.251 e. The highest BCUT2D eigenvalue weighted by atomic mass is 16.2. The first-order valence-electron chi connectivity index (χ1n) is 5.40. The minimum Gasteiger partial charge on any atom is -0.373 e. The molecule has 1 aliphatic heterocycles. The van der Waals surface area contributed by atoms with E-state index in [2.05, 4.69) is 20.6 Å². The second-order valence-electron chi connectivity index (χ2n) is 3.94. The third-order valence-corrected chi connectivity index (χ3v) is 2.70. The van der Waals surface area contributed by atoms with Crippen molar-refractivity contribution in [2.24, 2.45) is 0 Å². The van der Waals surface area contributed by atoms with Gasteiger partial charge in [0.15, 0.2) is 0 Å². The number of carbonyl (C=O) groups is 2. The van der Waals surface area contributed by atoms with Gasteiger partial charge < -0.3 is 16.4 Å².